The molecule has 0 aliphatic heterocycles. The first-order chi connectivity index (χ1) is 7.13. The lowest BCUT2D eigenvalue weighted by atomic mass is 9.87. The molecule has 0 aliphatic carbocycles. The summed E-state index contributed by atoms with van der Waals surface area (Å²) >= 11 is 0. The predicted molar refractivity (Wildman–Crippen MR) is 58.9 cm³/mol. The van der Waals surface area contributed by atoms with Gasteiger partial charge in [0.1, 0.15) is 19.4 Å². The fourth-order valence-corrected chi connectivity index (χ4v) is 1.60. The Bertz CT molecular complexity index is 584. The Morgan fingerprint density at radius 3 is 2.73 bits per heavy atom. The number of hydrogen-bond acceptors (Lipinski definition) is 1. The zero-order valence-corrected chi connectivity index (χ0v) is 7.79. The van der Waals surface area contributed by atoms with E-state index in [9.17, 15) is 9.50 Å². The molecule has 1 N–H and O–H groups in total. The third kappa shape index (κ3) is 1.44. The van der Waals surface area contributed by atoms with Crippen molar-refractivity contribution in [1.29, 1.82) is 0 Å². The largest absolute Gasteiger partial charge is 0.508 e. The summed E-state index contributed by atoms with van der Waals surface area (Å²) in [5.74, 6) is 1.81. The van der Waals surface area contributed by atoms with Crippen LogP contribution in [0.2, 0.25) is 0 Å². The first-order valence-corrected chi connectivity index (χ1v) is 4.31. The first kappa shape index (κ1) is 9.60. The van der Waals surface area contributed by atoms with Crippen molar-refractivity contribution in [1.82, 2.24) is 0 Å². The van der Waals surface area contributed by atoms with Crippen molar-refractivity contribution in [2.75, 3.05) is 0 Å². The van der Waals surface area contributed by atoms with E-state index in [-0.39, 0.29) is 16.8 Å². The lowest BCUT2D eigenvalue weighted by Gasteiger charge is -2.07. The normalized spacial score (nSPS) is 10.1. The van der Waals surface area contributed by atoms with Crippen LogP contribution in [0.15, 0.2) is 24.3 Å². The van der Waals surface area contributed by atoms with Gasteiger partial charge in [-0.05, 0) is 29.0 Å². The number of halogens is 1. The average Bonchev–Trinajstić information content (AvgIpc) is 2.18. The molecule has 0 unspecified atom stereocenters. The molecule has 0 atom stereocenters. The van der Waals surface area contributed by atoms with Crippen LogP contribution >= 0.6 is 0 Å². The summed E-state index contributed by atoms with van der Waals surface area (Å²) in [6, 6.07) is 5.63. The van der Waals surface area contributed by atoms with Gasteiger partial charge in [-0.3, -0.25) is 0 Å². The van der Waals surface area contributed by atoms with Crippen LogP contribution in [0.1, 0.15) is 5.56 Å². The zero-order valence-electron chi connectivity index (χ0n) is 7.79. The summed E-state index contributed by atoms with van der Waals surface area (Å²) in [7, 11) is 5.68. The molecule has 0 saturated carbocycles. The Balaban J connectivity index is 3.00. The Labute approximate surface area is 88.0 Å². The number of phenolic OH excluding ortho intramolecular Hbond substituents is 1. The van der Waals surface area contributed by atoms with Gasteiger partial charge in [-0.25, -0.2) is 4.39 Å². The lowest BCUT2D eigenvalue weighted by Crippen LogP contribution is -2.06. The summed E-state index contributed by atoms with van der Waals surface area (Å²) in [5, 5.41) is 10.4. The maximum Gasteiger partial charge on any atom is 0.139 e. The molecule has 1 nitrogen and oxygen atoms in total. The topological polar surface area (TPSA) is 20.2 Å². The predicted octanol–water partition coefficient (Wildman–Crippen LogP) is 1.46. The van der Waals surface area contributed by atoms with Crippen LogP contribution in [-0.2, 0) is 0 Å². The smallest absolute Gasteiger partial charge is 0.139 e. The van der Waals surface area contributed by atoms with E-state index in [0.717, 1.165) is 0 Å². The number of hydrogen-bond donors (Lipinski definition) is 1. The van der Waals surface area contributed by atoms with E-state index < -0.39 is 5.82 Å². The second-order valence-electron chi connectivity index (χ2n) is 3.20. The van der Waals surface area contributed by atoms with Gasteiger partial charge in [0.15, 0.2) is 0 Å². The van der Waals surface area contributed by atoms with Crippen LogP contribution in [0.3, 0.4) is 0 Å². The van der Waals surface area contributed by atoms with Gasteiger partial charge in [0.25, 0.3) is 0 Å². The van der Waals surface area contributed by atoms with Gasteiger partial charge in [-0.1, -0.05) is 17.4 Å². The molecule has 3 heteroatoms. The molecule has 0 saturated heterocycles. The molecule has 0 spiro atoms. The standard InChI is InChI=1S/C12H6BFO/c1-2-9-11(14)4-3-7-5-8(15)6-10(13)12(7)9/h1,3-6,15H. The molecule has 70 valence electrons. The molecule has 0 bridgehead atoms. The summed E-state index contributed by atoms with van der Waals surface area (Å²) in [6.07, 6.45) is 5.22. The number of phenols is 1. The molecule has 0 amide bonds. The minimum atomic E-state index is -0.484. The highest BCUT2D eigenvalue weighted by Crippen LogP contribution is 2.22. The van der Waals surface area contributed by atoms with Crippen LogP contribution < -0.4 is 5.46 Å². The SMILES string of the molecule is [B]c1cc(O)cc2ccc(F)c(C#C)c12. The quantitative estimate of drug-likeness (QED) is 0.499. The molecular weight excluding hydrogens is 190 g/mol. The molecule has 2 rings (SSSR count). The summed E-state index contributed by atoms with van der Waals surface area (Å²) in [5.41, 5.74) is 0.405. The van der Waals surface area contributed by atoms with Gasteiger partial charge in [0.2, 0.25) is 0 Å². The molecule has 15 heavy (non-hydrogen) atoms. The van der Waals surface area contributed by atoms with Crippen LogP contribution in [-0.4, -0.2) is 13.0 Å². The Kier molecular flexibility index (Phi) is 2.13. The van der Waals surface area contributed by atoms with Crippen molar-refractivity contribution in [3.63, 3.8) is 0 Å². The van der Waals surface area contributed by atoms with Crippen molar-refractivity contribution in [3.05, 3.63) is 35.6 Å². The van der Waals surface area contributed by atoms with E-state index >= 15 is 0 Å². The monoisotopic (exact) mass is 196 g/mol. The van der Waals surface area contributed by atoms with E-state index in [1.165, 1.54) is 24.3 Å². The molecule has 2 radical (unpaired) electrons. The highest BCUT2D eigenvalue weighted by atomic mass is 19.1. The highest BCUT2D eigenvalue weighted by Gasteiger charge is 2.08. The Morgan fingerprint density at radius 1 is 1.33 bits per heavy atom. The summed E-state index contributed by atoms with van der Waals surface area (Å²) in [6.45, 7) is 0. The second-order valence-corrected chi connectivity index (χ2v) is 3.20. The molecular formula is C12H6BFO. The molecule has 0 fully saturated rings. The summed E-state index contributed by atoms with van der Waals surface area (Å²) < 4.78 is 13.3. The minimum Gasteiger partial charge on any atom is -0.508 e. The van der Waals surface area contributed by atoms with Crippen LogP contribution in [0.4, 0.5) is 4.39 Å². The van der Waals surface area contributed by atoms with Crippen LogP contribution in [0.5, 0.6) is 5.75 Å². The van der Waals surface area contributed by atoms with Crippen molar-refractivity contribution in [2.24, 2.45) is 0 Å². The minimum absolute atomic E-state index is 0.0366. The van der Waals surface area contributed by atoms with Gasteiger partial charge in [-0.15, -0.1) is 6.42 Å². The maximum absolute atomic E-state index is 13.3. The van der Waals surface area contributed by atoms with E-state index in [1.54, 1.807) is 0 Å². The van der Waals surface area contributed by atoms with Crippen molar-refractivity contribution in [2.45, 2.75) is 0 Å². The van der Waals surface area contributed by atoms with Gasteiger partial charge in [-0.2, -0.15) is 0 Å². The van der Waals surface area contributed by atoms with Crippen molar-refractivity contribution >= 4 is 24.1 Å². The molecule has 2 aromatic rings. The van der Waals surface area contributed by atoms with Crippen molar-refractivity contribution in [3.8, 4) is 18.1 Å². The molecule has 2 aromatic carbocycles. The molecule has 0 aromatic heterocycles. The number of fused-ring (bicyclic) bond motifs is 1. The van der Waals surface area contributed by atoms with Gasteiger partial charge < -0.3 is 5.11 Å². The average molecular weight is 196 g/mol. The number of rotatable bonds is 0. The Hall–Kier alpha value is -1.95. The van der Waals surface area contributed by atoms with E-state index in [2.05, 4.69) is 5.92 Å². The van der Waals surface area contributed by atoms with Gasteiger partial charge in [0.05, 0.1) is 5.56 Å². The summed E-state index contributed by atoms with van der Waals surface area (Å²) in [4.78, 5) is 0. The number of terminal acetylenes is 1. The number of benzene rings is 2. The zero-order chi connectivity index (χ0) is 11.0. The van der Waals surface area contributed by atoms with E-state index in [4.69, 9.17) is 14.3 Å². The highest BCUT2D eigenvalue weighted by molar-refractivity contribution is 6.39. The third-order valence-electron chi connectivity index (χ3n) is 2.23. The Morgan fingerprint density at radius 2 is 2.07 bits per heavy atom. The fraction of sp³-hybridized carbons (Fsp3) is 0. The molecule has 0 aliphatic rings. The first-order valence-electron chi connectivity index (χ1n) is 4.31. The van der Waals surface area contributed by atoms with Crippen LogP contribution in [0, 0.1) is 18.2 Å². The van der Waals surface area contributed by atoms with Crippen molar-refractivity contribution < 1.29 is 9.50 Å². The maximum atomic E-state index is 13.3. The van der Waals surface area contributed by atoms with Crippen LogP contribution in [0.25, 0.3) is 10.8 Å². The lowest BCUT2D eigenvalue weighted by molar-refractivity contribution is 0.476. The molecule has 0 heterocycles. The third-order valence-corrected chi connectivity index (χ3v) is 2.23. The number of aromatic hydroxyl groups is 1. The van der Waals surface area contributed by atoms with E-state index in [0.29, 0.717) is 10.8 Å². The fourth-order valence-electron chi connectivity index (χ4n) is 1.60. The van der Waals surface area contributed by atoms with E-state index in [1.807, 2.05) is 0 Å². The van der Waals surface area contributed by atoms with Gasteiger partial charge in [0, 0.05) is 0 Å². The second kappa shape index (κ2) is 3.32. The van der Waals surface area contributed by atoms with Gasteiger partial charge >= 0.3 is 0 Å².